The first-order chi connectivity index (χ1) is 11.8. The number of fused-ring (bicyclic) bond motifs is 1. The summed E-state index contributed by atoms with van der Waals surface area (Å²) in [5.41, 5.74) is 0.534. The van der Waals surface area contributed by atoms with Crippen molar-refractivity contribution in [2.75, 3.05) is 5.32 Å². The number of hydrogen-bond donors (Lipinski definition) is 2. The fourth-order valence-electron chi connectivity index (χ4n) is 2.19. The van der Waals surface area contributed by atoms with Crippen LogP contribution in [0.2, 0.25) is 0 Å². The van der Waals surface area contributed by atoms with Crippen LogP contribution in [-0.2, 0) is 4.79 Å². The molecule has 0 bridgehead atoms. The highest BCUT2D eigenvalue weighted by Gasteiger charge is 2.43. The number of anilines is 1. The molecular weight excluding hydrogens is 336 g/mol. The molecule has 6 nitrogen and oxygen atoms in total. The van der Waals surface area contributed by atoms with Crippen molar-refractivity contribution in [1.82, 2.24) is 0 Å². The number of benzene rings is 2. The Morgan fingerprint density at radius 2 is 1.80 bits per heavy atom. The zero-order valence-electron chi connectivity index (χ0n) is 12.5. The highest BCUT2D eigenvalue weighted by Crippen LogP contribution is 2.41. The topological polar surface area (TPSA) is 84.9 Å². The first-order valence-electron chi connectivity index (χ1n) is 7.05. The third-order valence-corrected chi connectivity index (χ3v) is 3.27. The number of carbonyl (C=O) groups is 2. The Kier molecular flexibility index (Phi) is 4.10. The van der Waals surface area contributed by atoms with Gasteiger partial charge in [0.05, 0.1) is 11.3 Å². The summed E-state index contributed by atoms with van der Waals surface area (Å²) in [6.45, 7) is 0. The van der Waals surface area contributed by atoms with Crippen LogP contribution >= 0.6 is 0 Å². The molecule has 0 aliphatic carbocycles. The van der Waals surface area contributed by atoms with Gasteiger partial charge in [-0.15, -0.1) is 8.78 Å². The molecule has 1 amide bonds. The van der Waals surface area contributed by atoms with Crippen molar-refractivity contribution >= 4 is 23.6 Å². The summed E-state index contributed by atoms with van der Waals surface area (Å²) in [6, 6.07) is 10.0. The molecule has 0 atom stereocenters. The smallest absolute Gasteiger partial charge is 0.478 e. The van der Waals surface area contributed by atoms with Crippen LogP contribution < -0.4 is 14.8 Å². The lowest BCUT2D eigenvalue weighted by Gasteiger charge is -2.05. The van der Waals surface area contributed by atoms with Gasteiger partial charge < -0.3 is 19.9 Å². The Morgan fingerprint density at radius 1 is 1.08 bits per heavy atom. The lowest BCUT2D eigenvalue weighted by molar-refractivity contribution is -0.286. The minimum Gasteiger partial charge on any atom is -0.478 e. The summed E-state index contributed by atoms with van der Waals surface area (Å²) in [5, 5.41) is 11.5. The van der Waals surface area contributed by atoms with E-state index in [-0.39, 0.29) is 22.7 Å². The van der Waals surface area contributed by atoms with Gasteiger partial charge >= 0.3 is 12.3 Å². The fourth-order valence-corrected chi connectivity index (χ4v) is 2.19. The van der Waals surface area contributed by atoms with Crippen molar-refractivity contribution in [3.05, 3.63) is 59.7 Å². The van der Waals surface area contributed by atoms with Crippen molar-refractivity contribution in [1.29, 1.82) is 0 Å². The minimum absolute atomic E-state index is 0.0467. The number of halogens is 2. The van der Waals surface area contributed by atoms with Crippen LogP contribution in [0.3, 0.4) is 0 Å². The van der Waals surface area contributed by atoms with E-state index in [4.69, 9.17) is 5.11 Å². The number of hydrogen-bond acceptors (Lipinski definition) is 4. The second kappa shape index (κ2) is 6.23. The standard InChI is InChI=1S/C17H11F2NO5/c18-17(19)24-13-7-5-10(9-14(13)25-17)6-8-15(21)20-12-4-2-1-3-11(12)16(22)23/h1-9H,(H,20,21)(H,22,23)/b8-6+. The molecular formula is C17H11F2NO5. The van der Waals surface area contributed by atoms with E-state index in [0.29, 0.717) is 5.56 Å². The summed E-state index contributed by atoms with van der Waals surface area (Å²) in [6.07, 6.45) is -1.18. The maximum Gasteiger partial charge on any atom is 0.586 e. The molecule has 2 aromatic carbocycles. The van der Waals surface area contributed by atoms with Crippen LogP contribution in [-0.4, -0.2) is 23.3 Å². The third kappa shape index (κ3) is 3.74. The van der Waals surface area contributed by atoms with E-state index in [1.54, 1.807) is 6.07 Å². The first kappa shape index (κ1) is 16.4. The van der Waals surface area contributed by atoms with Crippen molar-refractivity contribution in [2.24, 2.45) is 0 Å². The number of carbonyl (C=O) groups excluding carboxylic acids is 1. The molecule has 0 saturated carbocycles. The van der Waals surface area contributed by atoms with E-state index in [1.807, 2.05) is 0 Å². The van der Waals surface area contributed by atoms with Gasteiger partial charge in [0.15, 0.2) is 11.5 Å². The summed E-state index contributed by atoms with van der Waals surface area (Å²) in [7, 11) is 0. The van der Waals surface area contributed by atoms with Gasteiger partial charge in [-0.2, -0.15) is 0 Å². The Hall–Kier alpha value is -3.42. The number of para-hydroxylation sites is 1. The number of amides is 1. The molecule has 8 heteroatoms. The largest absolute Gasteiger partial charge is 0.586 e. The van der Waals surface area contributed by atoms with Gasteiger partial charge in [0.2, 0.25) is 5.91 Å². The molecule has 25 heavy (non-hydrogen) atoms. The van der Waals surface area contributed by atoms with Gasteiger partial charge in [-0.05, 0) is 35.9 Å². The maximum absolute atomic E-state index is 13.0. The molecule has 0 spiro atoms. The van der Waals surface area contributed by atoms with Gasteiger partial charge in [0.1, 0.15) is 0 Å². The van der Waals surface area contributed by atoms with E-state index < -0.39 is 18.2 Å². The van der Waals surface area contributed by atoms with Gasteiger partial charge in [0, 0.05) is 6.08 Å². The molecule has 0 aromatic heterocycles. The van der Waals surface area contributed by atoms with E-state index >= 15 is 0 Å². The normalized spacial score (nSPS) is 14.5. The minimum atomic E-state index is -3.71. The zero-order chi connectivity index (χ0) is 18.0. The lowest BCUT2D eigenvalue weighted by atomic mass is 10.1. The van der Waals surface area contributed by atoms with Crippen LogP contribution in [0, 0.1) is 0 Å². The molecule has 0 saturated heterocycles. The quantitative estimate of drug-likeness (QED) is 0.829. The molecule has 2 aromatic rings. The molecule has 2 N–H and O–H groups in total. The van der Waals surface area contributed by atoms with Crippen LogP contribution in [0.1, 0.15) is 15.9 Å². The number of carboxylic acid groups (broad SMARTS) is 1. The van der Waals surface area contributed by atoms with Gasteiger partial charge in [0.25, 0.3) is 0 Å². The second-order valence-corrected chi connectivity index (χ2v) is 5.05. The van der Waals surface area contributed by atoms with Crippen molar-refractivity contribution in [2.45, 2.75) is 6.29 Å². The van der Waals surface area contributed by atoms with Crippen molar-refractivity contribution in [3.63, 3.8) is 0 Å². The number of nitrogens with one attached hydrogen (secondary N) is 1. The Balaban J connectivity index is 1.71. The zero-order valence-corrected chi connectivity index (χ0v) is 12.5. The molecule has 0 fully saturated rings. The summed E-state index contributed by atoms with van der Waals surface area (Å²) < 4.78 is 34.5. The van der Waals surface area contributed by atoms with E-state index in [1.165, 1.54) is 42.5 Å². The number of carboxylic acids is 1. The molecule has 0 unspecified atom stereocenters. The lowest BCUT2D eigenvalue weighted by Crippen LogP contribution is -2.25. The maximum atomic E-state index is 13.0. The third-order valence-electron chi connectivity index (χ3n) is 3.27. The van der Waals surface area contributed by atoms with Crippen LogP contribution in [0.15, 0.2) is 48.5 Å². The average molecular weight is 347 g/mol. The number of rotatable bonds is 4. The van der Waals surface area contributed by atoms with E-state index in [2.05, 4.69) is 14.8 Å². The highest BCUT2D eigenvalue weighted by molar-refractivity contribution is 6.06. The van der Waals surface area contributed by atoms with Gasteiger partial charge in [-0.25, -0.2) is 4.79 Å². The average Bonchev–Trinajstić information content (AvgIpc) is 2.86. The molecule has 0 radical (unpaired) electrons. The molecule has 128 valence electrons. The predicted molar refractivity (Wildman–Crippen MR) is 83.7 cm³/mol. The summed E-state index contributed by atoms with van der Waals surface area (Å²) in [5.74, 6) is -1.97. The SMILES string of the molecule is O=C(/C=C/c1ccc2c(c1)OC(F)(F)O2)Nc1ccccc1C(=O)O. The fraction of sp³-hybridized carbons (Fsp3) is 0.0588. The Morgan fingerprint density at radius 3 is 2.56 bits per heavy atom. The van der Waals surface area contributed by atoms with Crippen LogP contribution in [0.5, 0.6) is 11.5 Å². The van der Waals surface area contributed by atoms with Gasteiger partial charge in [-0.1, -0.05) is 18.2 Å². The molecule has 3 rings (SSSR count). The second-order valence-electron chi connectivity index (χ2n) is 5.05. The van der Waals surface area contributed by atoms with Crippen molar-refractivity contribution < 1.29 is 33.0 Å². The number of alkyl halides is 2. The Bertz CT molecular complexity index is 879. The van der Waals surface area contributed by atoms with Crippen molar-refractivity contribution in [3.8, 4) is 11.5 Å². The predicted octanol–water partition coefficient (Wildman–Crippen LogP) is 3.36. The number of ether oxygens (including phenoxy) is 2. The van der Waals surface area contributed by atoms with E-state index in [0.717, 1.165) is 6.08 Å². The van der Waals surface area contributed by atoms with Crippen LogP contribution in [0.4, 0.5) is 14.5 Å². The Labute approximate surface area is 140 Å². The summed E-state index contributed by atoms with van der Waals surface area (Å²) >= 11 is 0. The van der Waals surface area contributed by atoms with Gasteiger partial charge in [-0.3, -0.25) is 4.79 Å². The molecule has 1 aliphatic rings. The van der Waals surface area contributed by atoms with E-state index in [9.17, 15) is 18.4 Å². The van der Waals surface area contributed by atoms with Crippen LogP contribution in [0.25, 0.3) is 6.08 Å². The summed E-state index contributed by atoms with van der Waals surface area (Å²) in [4.78, 5) is 23.0. The highest BCUT2D eigenvalue weighted by atomic mass is 19.3. The first-order valence-corrected chi connectivity index (χ1v) is 7.05. The molecule has 1 heterocycles. The molecule has 1 aliphatic heterocycles. The monoisotopic (exact) mass is 347 g/mol. The number of aromatic carboxylic acids is 1.